The first-order chi connectivity index (χ1) is 15.8. The number of ketones is 1. The predicted molar refractivity (Wildman–Crippen MR) is 126 cm³/mol. The number of aromatic nitrogens is 1. The van der Waals surface area contributed by atoms with E-state index >= 15 is 0 Å². The quantitative estimate of drug-likeness (QED) is 0.326. The number of fused-ring (bicyclic) bond motifs is 1. The third kappa shape index (κ3) is 4.51. The molecule has 0 fully saturated rings. The van der Waals surface area contributed by atoms with Gasteiger partial charge in [0.05, 0.1) is 16.1 Å². The van der Waals surface area contributed by atoms with Crippen LogP contribution in [0, 0.1) is 6.92 Å². The second-order valence-electron chi connectivity index (χ2n) is 7.58. The minimum Gasteiger partial charge on any atom is -0.454 e. The summed E-state index contributed by atoms with van der Waals surface area (Å²) in [5.74, 6) is -0.986. The number of ether oxygens (including phenoxy) is 1. The van der Waals surface area contributed by atoms with Crippen molar-refractivity contribution in [2.24, 2.45) is 0 Å². The Labute approximate surface area is 191 Å². The minimum absolute atomic E-state index is 0.176. The lowest BCUT2D eigenvalue weighted by molar-refractivity contribution is 0.0475. The van der Waals surface area contributed by atoms with Crippen LogP contribution in [0.2, 0.25) is 0 Å². The highest BCUT2D eigenvalue weighted by Crippen LogP contribution is 2.23. The molecule has 0 aliphatic carbocycles. The Kier molecular flexibility index (Phi) is 6.02. The standard InChI is InChI=1S/C25H22N2O5S/c1-17-7-13-20(14-8-17)33(30,31)27(2)19-11-9-18(10-12-19)25(29)32-16-24(28)22-15-26-23-6-4-3-5-21(22)23/h3-15,26H,16H2,1-2H3. The van der Waals surface area contributed by atoms with Crippen LogP contribution in [0.15, 0.2) is 83.9 Å². The van der Waals surface area contributed by atoms with Gasteiger partial charge in [0.2, 0.25) is 5.78 Å². The molecule has 0 saturated heterocycles. The molecule has 0 spiro atoms. The van der Waals surface area contributed by atoms with E-state index < -0.39 is 22.6 Å². The van der Waals surface area contributed by atoms with E-state index in [2.05, 4.69) is 4.98 Å². The Hall–Kier alpha value is -3.91. The van der Waals surface area contributed by atoms with E-state index in [1.807, 2.05) is 31.2 Å². The van der Waals surface area contributed by atoms with Gasteiger partial charge in [-0.05, 0) is 49.4 Å². The summed E-state index contributed by atoms with van der Waals surface area (Å²) in [5, 5.41) is 0.765. The molecular weight excluding hydrogens is 440 g/mol. The molecule has 0 bridgehead atoms. The van der Waals surface area contributed by atoms with E-state index in [1.54, 1.807) is 30.5 Å². The maximum Gasteiger partial charge on any atom is 0.338 e. The van der Waals surface area contributed by atoms with Gasteiger partial charge in [0.1, 0.15) is 0 Å². The Morgan fingerprint density at radius 2 is 1.61 bits per heavy atom. The molecule has 1 heterocycles. The molecule has 1 aromatic heterocycles. The van der Waals surface area contributed by atoms with Gasteiger partial charge in [-0.25, -0.2) is 13.2 Å². The van der Waals surface area contributed by atoms with Crippen LogP contribution in [0.5, 0.6) is 0 Å². The molecule has 0 aliphatic rings. The zero-order valence-electron chi connectivity index (χ0n) is 18.1. The number of carbonyl (C=O) groups excluding carboxylic acids is 2. The molecular formula is C25H22N2O5S. The molecule has 33 heavy (non-hydrogen) atoms. The van der Waals surface area contributed by atoms with E-state index in [-0.39, 0.29) is 16.2 Å². The number of Topliss-reactive ketones (excluding diaryl/α,β-unsaturated/α-hetero) is 1. The highest BCUT2D eigenvalue weighted by Gasteiger charge is 2.22. The summed E-state index contributed by atoms with van der Waals surface area (Å²) in [6.45, 7) is 1.48. The van der Waals surface area contributed by atoms with E-state index in [0.29, 0.717) is 11.3 Å². The van der Waals surface area contributed by atoms with Crippen LogP contribution in [-0.2, 0) is 14.8 Å². The molecule has 0 aliphatic heterocycles. The first kappa shape index (κ1) is 22.3. The fourth-order valence-corrected chi connectivity index (χ4v) is 4.60. The Balaban J connectivity index is 1.42. The average molecular weight is 463 g/mol. The summed E-state index contributed by atoms with van der Waals surface area (Å²) in [5.41, 5.74) is 2.85. The van der Waals surface area contributed by atoms with Crippen LogP contribution < -0.4 is 4.31 Å². The van der Waals surface area contributed by atoms with Crippen LogP contribution in [0.4, 0.5) is 5.69 Å². The van der Waals surface area contributed by atoms with Crippen LogP contribution in [0.1, 0.15) is 26.3 Å². The number of aromatic amines is 1. The maximum atomic E-state index is 12.8. The van der Waals surface area contributed by atoms with Crippen molar-refractivity contribution >= 4 is 38.4 Å². The van der Waals surface area contributed by atoms with Crippen molar-refractivity contribution in [3.8, 4) is 0 Å². The largest absolute Gasteiger partial charge is 0.454 e. The summed E-state index contributed by atoms with van der Waals surface area (Å²) in [6, 6.07) is 19.9. The SMILES string of the molecule is Cc1ccc(S(=O)(=O)N(C)c2ccc(C(=O)OCC(=O)c3c[nH]c4ccccc34)cc2)cc1. The molecule has 8 heteroatoms. The molecule has 0 atom stereocenters. The van der Waals surface area contributed by atoms with Crippen molar-refractivity contribution in [3.05, 3.63) is 95.7 Å². The molecule has 4 rings (SSSR count). The van der Waals surface area contributed by atoms with Crippen molar-refractivity contribution in [2.45, 2.75) is 11.8 Å². The van der Waals surface area contributed by atoms with Gasteiger partial charge in [0.15, 0.2) is 6.61 Å². The minimum atomic E-state index is -3.74. The van der Waals surface area contributed by atoms with Gasteiger partial charge in [-0.15, -0.1) is 0 Å². The third-order valence-corrected chi connectivity index (χ3v) is 7.17. The number of benzene rings is 3. The van der Waals surface area contributed by atoms with E-state index in [1.165, 1.54) is 31.3 Å². The number of hydrogen-bond acceptors (Lipinski definition) is 5. The highest BCUT2D eigenvalue weighted by molar-refractivity contribution is 7.92. The Morgan fingerprint density at radius 1 is 0.939 bits per heavy atom. The zero-order chi connectivity index (χ0) is 23.6. The predicted octanol–water partition coefficient (Wildman–Crippen LogP) is 4.34. The highest BCUT2D eigenvalue weighted by atomic mass is 32.2. The van der Waals surface area contributed by atoms with Crippen LogP contribution in [0.3, 0.4) is 0 Å². The molecule has 0 amide bonds. The summed E-state index contributed by atoms with van der Waals surface area (Å²) in [7, 11) is -2.29. The second kappa shape index (κ2) is 8.91. The summed E-state index contributed by atoms with van der Waals surface area (Å²) >= 11 is 0. The normalized spacial score (nSPS) is 11.3. The Bertz CT molecular complexity index is 1420. The lowest BCUT2D eigenvalue weighted by Gasteiger charge is -2.19. The average Bonchev–Trinajstić information content (AvgIpc) is 3.26. The van der Waals surface area contributed by atoms with Crippen molar-refractivity contribution in [2.75, 3.05) is 18.0 Å². The van der Waals surface area contributed by atoms with Gasteiger partial charge in [0, 0.05) is 29.7 Å². The number of para-hydroxylation sites is 1. The Morgan fingerprint density at radius 3 is 2.30 bits per heavy atom. The molecule has 0 radical (unpaired) electrons. The molecule has 7 nitrogen and oxygen atoms in total. The summed E-state index contributed by atoms with van der Waals surface area (Å²) in [4.78, 5) is 28.1. The van der Waals surface area contributed by atoms with Gasteiger partial charge in [-0.3, -0.25) is 9.10 Å². The maximum absolute atomic E-state index is 12.8. The van der Waals surface area contributed by atoms with Crippen LogP contribution in [-0.4, -0.2) is 38.8 Å². The van der Waals surface area contributed by atoms with Gasteiger partial charge >= 0.3 is 5.97 Å². The van der Waals surface area contributed by atoms with Crippen molar-refractivity contribution in [3.63, 3.8) is 0 Å². The zero-order valence-corrected chi connectivity index (χ0v) is 18.9. The van der Waals surface area contributed by atoms with Crippen molar-refractivity contribution in [1.82, 2.24) is 4.98 Å². The smallest absolute Gasteiger partial charge is 0.338 e. The summed E-state index contributed by atoms with van der Waals surface area (Å²) in [6.07, 6.45) is 1.60. The lowest BCUT2D eigenvalue weighted by atomic mass is 10.1. The van der Waals surface area contributed by atoms with Crippen LogP contribution in [0.25, 0.3) is 10.9 Å². The monoisotopic (exact) mass is 462 g/mol. The molecule has 0 unspecified atom stereocenters. The van der Waals surface area contributed by atoms with Crippen molar-refractivity contribution in [1.29, 1.82) is 0 Å². The number of nitrogens with one attached hydrogen (secondary N) is 1. The van der Waals surface area contributed by atoms with E-state index in [4.69, 9.17) is 4.74 Å². The van der Waals surface area contributed by atoms with Gasteiger partial charge < -0.3 is 9.72 Å². The topological polar surface area (TPSA) is 96.5 Å². The fourth-order valence-electron chi connectivity index (χ4n) is 3.41. The number of rotatable bonds is 7. The lowest BCUT2D eigenvalue weighted by Crippen LogP contribution is -2.26. The van der Waals surface area contributed by atoms with Crippen LogP contribution >= 0.6 is 0 Å². The number of anilines is 1. The molecule has 0 saturated carbocycles. The van der Waals surface area contributed by atoms with Gasteiger partial charge in [-0.1, -0.05) is 35.9 Å². The van der Waals surface area contributed by atoms with E-state index in [0.717, 1.165) is 20.8 Å². The third-order valence-electron chi connectivity index (χ3n) is 5.37. The fraction of sp³-hybridized carbons (Fsp3) is 0.120. The molecule has 3 aromatic carbocycles. The number of hydrogen-bond donors (Lipinski definition) is 1. The molecule has 1 N–H and O–H groups in total. The van der Waals surface area contributed by atoms with Crippen molar-refractivity contribution < 1.29 is 22.7 Å². The number of nitrogens with zero attached hydrogens (tertiary/aromatic N) is 1. The van der Waals surface area contributed by atoms with E-state index in [9.17, 15) is 18.0 Å². The number of sulfonamides is 1. The number of H-pyrrole nitrogens is 1. The number of esters is 1. The molecule has 4 aromatic rings. The van der Waals surface area contributed by atoms with Gasteiger partial charge in [-0.2, -0.15) is 0 Å². The molecule has 168 valence electrons. The first-order valence-electron chi connectivity index (χ1n) is 10.2. The number of aryl methyl sites for hydroxylation is 1. The second-order valence-corrected chi connectivity index (χ2v) is 9.55. The first-order valence-corrected chi connectivity index (χ1v) is 11.6. The van der Waals surface area contributed by atoms with Gasteiger partial charge in [0.25, 0.3) is 10.0 Å². The summed E-state index contributed by atoms with van der Waals surface area (Å²) < 4.78 is 32.0. The number of carbonyl (C=O) groups is 2.